The van der Waals surface area contributed by atoms with Gasteiger partial charge in [-0.2, -0.15) is 11.3 Å². The van der Waals surface area contributed by atoms with Crippen molar-refractivity contribution >= 4 is 11.3 Å². The number of hydrogen-bond acceptors (Lipinski definition) is 2. The summed E-state index contributed by atoms with van der Waals surface area (Å²) in [4.78, 5) is 0. The Hall–Kier alpha value is -1.12. The number of hydrogen-bond donors (Lipinski definition) is 1. The minimum absolute atomic E-state index is 0.276. The second-order valence-electron chi connectivity index (χ2n) is 5.78. The Kier molecular flexibility index (Phi) is 4.23. The van der Waals surface area contributed by atoms with Crippen LogP contribution in [0.1, 0.15) is 49.8 Å². The summed E-state index contributed by atoms with van der Waals surface area (Å²) in [6.45, 7) is 3.24. The molecule has 20 heavy (non-hydrogen) atoms. The van der Waals surface area contributed by atoms with Gasteiger partial charge in [-0.25, -0.2) is 0 Å². The lowest BCUT2D eigenvalue weighted by molar-refractivity contribution is 0.305. The quantitative estimate of drug-likeness (QED) is 0.823. The summed E-state index contributed by atoms with van der Waals surface area (Å²) >= 11 is 1.81. The van der Waals surface area contributed by atoms with E-state index in [-0.39, 0.29) is 5.41 Å². The minimum atomic E-state index is 0.276. The third-order valence-electron chi connectivity index (χ3n) is 4.68. The molecule has 3 rings (SSSR count). The molecule has 1 N–H and O–H groups in total. The lowest BCUT2D eigenvalue weighted by atomic mass is 9.71. The summed E-state index contributed by atoms with van der Waals surface area (Å²) in [7, 11) is 0. The molecule has 106 valence electrons. The molecule has 2 heteroatoms. The van der Waals surface area contributed by atoms with Crippen molar-refractivity contribution in [3.8, 4) is 0 Å². The van der Waals surface area contributed by atoms with Crippen molar-refractivity contribution in [3.05, 3.63) is 58.3 Å². The monoisotopic (exact) mass is 285 g/mol. The Morgan fingerprint density at radius 2 is 1.90 bits per heavy atom. The van der Waals surface area contributed by atoms with E-state index in [1.165, 1.54) is 36.8 Å². The third kappa shape index (κ3) is 2.43. The van der Waals surface area contributed by atoms with E-state index in [0.717, 1.165) is 6.54 Å². The highest BCUT2D eigenvalue weighted by atomic mass is 32.1. The topological polar surface area (TPSA) is 12.0 Å². The van der Waals surface area contributed by atoms with Crippen molar-refractivity contribution in [3.63, 3.8) is 0 Å². The van der Waals surface area contributed by atoms with E-state index in [2.05, 4.69) is 59.4 Å². The van der Waals surface area contributed by atoms with E-state index in [1.54, 1.807) is 11.3 Å². The Morgan fingerprint density at radius 3 is 2.50 bits per heavy atom. The van der Waals surface area contributed by atoms with E-state index in [9.17, 15) is 0 Å². The molecule has 0 bridgehead atoms. The van der Waals surface area contributed by atoms with Crippen LogP contribution in [0, 0.1) is 0 Å². The zero-order valence-corrected chi connectivity index (χ0v) is 13.0. The van der Waals surface area contributed by atoms with Gasteiger partial charge in [0.15, 0.2) is 0 Å². The molecule has 0 spiro atoms. The highest BCUT2D eigenvalue weighted by molar-refractivity contribution is 7.08. The van der Waals surface area contributed by atoms with Gasteiger partial charge < -0.3 is 5.32 Å². The summed E-state index contributed by atoms with van der Waals surface area (Å²) in [6.07, 6.45) is 5.29. The Morgan fingerprint density at radius 1 is 1.15 bits per heavy atom. The molecule has 0 amide bonds. The maximum Gasteiger partial charge on any atom is 0.0426 e. The predicted molar refractivity (Wildman–Crippen MR) is 87.3 cm³/mol. The Balaban J connectivity index is 2.04. The average Bonchev–Trinajstić information content (AvgIpc) is 3.18. The lowest BCUT2D eigenvalue weighted by Gasteiger charge is -2.39. The fourth-order valence-corrected chi connectivity index (χ4v) is 4.48. The third-order valence-corrected chi connectivity index (χ3v) is 5.38. The van der Waals surface area contributed by atoms with Gasteiger partial charge in [0.05, 0.1) is 0 Å². The van der Waals surface area contributed by atoms with Crippen molar-refractivity contribution in [2.24, 2.45) is 0 Å². The second-order valence-corrected chi connectivity index (χ2v) is 6.56. The van der Waals surface area contributed by atoms with Gasteiger partial charge in [0.2, 0.25) is 0 Å². The van der Waals surface area contributed by atoms with Gasteiger partial charge in [0, 0.05) is 11.5 Å². The molecule has 1 fully saturated rings. The van der Waals surface area contributed by atoms with Crippen molar-refractivity contribution in [2.75, 3.05) is 6.54 Å². The molecular weight excluding hydrogens is 262 g/mol. The van der Waals surface area contributed by atoms with Crippen LogP contribution in [-0.2, 0) is 5.41 Å². The Bertz CT molecular complexity index is 512. The number of rotatable bonds is 5. The van der Waals surface area contributed by atoms with Crippen LogP contribution in [0.2, 0.25) is 0 Å². The van der Waals surface area contributed by atoms with Crippen molar-refractivity contribution in [1.82, 2.24) is 5.32 Å². The summed E-state index contributed by atoms with van der Waals surface area (Å²) in [6, 6.07) is 13.9. The zero-order valence-electron chi connectivity index (χ0n) is 12.1. The van der Waals surface area contributed by atoms with E-state index in [1.807, 2.05) is 0 Å². The molecule has 1 heterocycles. The second kappa shape index (κ2) is 6.11. The molecule has 1 nitrogen and oxygen atoms in total. The molecule has 0 aliphatic heterocycles. The predicted octanol–water partition coefficient (Wildman–Crippen LogP) is 4.91. The maximum atomic E-state index is 3.77. The van der Waals surface area contributed by atoms with Crippen molar-refractivity contribution in [1.29, 1.82) is 0 Å². The van der Waals surface area contributed by atoms with E-state index in [0.29, 0.717) is 6.04 Å². The largest absolute Gasteiger partial charge is 0.309 e. The van der Waals surface area contributed by atoms with Crippen LogP contribution >= 0.6 is 11.3 Å². The van der Waals surface area contributed by atoms with Gasteiger partial charge in [-0.05, 0) is 47.3 Å². The van der Waals surface area contributed by atoms with Crippen LogP contribution < -0.4 is 5.32 Å². The smallest absolute Gasteiger partial charge is 0.0426 e. The van der Waals surface area contributed by atoms with Crippen molar-refractivity contribution < 1.29 is 0 Å². The number of thiophene rings is 1. The van der Waals surface area contributed by atoms with Crippen LogP contribution in [0.5, 0.6) is 0 Å². The molecule has 1 aliphatic rings. The standard InChI is InChI=1S/C18H23NS/c1-2-19-17(15-10-13-20-14-15)18(11-6-7-12-18)16-8-4-3-5-9-16/h3-5,8-10,13-14,17,19H,2,6-7,11-12H2,1H3. The molecule has 1 atom stereocenters. The van der Waals surface area contributed by atoms with Gasteiger partial charge >= 0.3 is 0 Å². The first-order valence-electron chi connectivity index (χ1n) is 7.68. The molecule has 1 saturated carbocycles. The molecule has 0 saturated heterocycles. The van der Waals surface area contributed by atoms with Gasteiger partial charge in [0.1, 0.15) is 0 Å². The molecule has 0 radical (unpaired) electrons. The Labute approximate surface area is 126 Å². The van der Waals surface area contributed by atoms with Crippen LogP contribution in [0.4, 0.5) is 0 Å². The summed E-state index contributed by atoms with van der Waals surface area (Å²) in [5.41, 5.74) is 3.25. The van der Waals surface area contributed by atoms with E-state index < -0.39 is 0 Å². The number of benzene rings is 1. The highest BCUT2D eigenvalue weighted by Gasteiger charge is 2.43. The first-order valence-corrected chi connectivity index (χ1v) is 8.62. The van der Waals surface area contributed by atoms with Crippen LogP contribution in [0.25, 0.3) is 0 Å². The first-order chi connectivity index (χ1) is 9.87. The fraction of sp³-hybridized carbons (Fsp3) is 0.444. The van der Waals surface area contributed by atoms with Crippen molar-refractivity contribution in [2.45, 2.75) is 44.1 Å². The lowest BCUT2D eigenvalue weighted by Crippen LogP contribution is -2.39. The van der Waals surface area contributed by atoms with Crippen LogP contribution in [0.3, 0.4) is 0 Å². The normalized spacial score (nSPS) is 19.1. The number of likely N-dealkylation sites (N-methyl/N-ethyl adjacent to an activating group) is 1. The molecular formula is C18H23NS. The molecule has 1 aromatic heterocycles. The maximum absolute atomic E-state index is 3.77. The van der Waals surface area contributed by atoms with Gasteiger partial charge in [-0.3, -0.25) is 0 Å². The molecule has 1 aliphatic carbocycles. The van der Waals surface area contributed by atoms with E-state index in [4.69, 9.17) is 0 Å². The van der Waals surface area contributed by atoms with Gasteiger partial charge in [0.25, 0.3) is 0 Å². The molecule has 1 unspecified atom stereocenters. The average molecular weight is 285 g/mol. The fourth-order valence-electron chi connectivity index (χ4n) is 3.80. The molecule has 1 aromatic carbocycles. The zero-order chi connectivity index (χ0) is 13.8. The van der Waals surface area contributed by atoms with Gasteiger partial charge in [-0.1, -0.05) is 50.1 Å². The summed E-state index contributed by atoms with van der Waals surface area (Å²) in [5, 5.41) is 8.29. The SMILES string of the molecule is CCNC(c1ccsc1)C1(c2ccccc2)CCCC1. The minimum Gasteiger partial charge on any atom is -0.309 e. The highest BCUT2D eigenvalue weighted by Crippen LogP contribution is 2.49. The van der Waals surface area contributed by atoms with Gasteiger partial charge in [-0.15, -0.1) is 0 Å². The van der Waals surface area contributed by atoms with Crippen LogP contribution in [-0.4, -0.2) is 6.54 Å². The molecule has 2 aromatic rings. The summed E-state index contributed by atoms with van der Waals surface area (Å²) in [5.74, 6) is 0. The summed E-state index contributed by atoms with van der Waals surface area (Å²) < 4.78 is 0. The van der Waals surface area contributed by atoms with Crippen LogP contribution in [0.15, 0.2) is 47.2 Å². The van der Waals surface area contributed by atoms with E-state index >= 15 is 0 Å². The first kappa shape index (κ1) is 13.8. The number of nitrogens with one attached hydrogen (secondary N) is 1.